The molecule has 1 aromatic rings. The van der Waals surface area contributed by atoms with E-state index >= 15 is 0 Å². The first kappa shape index (κ1) is 21.5. The predicted octanol–water partition coefficient (Wildman–Crippen LogP) is 2.62. The summed E-state index contributed by atoms with van der Waals surface area (Å²) in [5.74, 6) is -1.19. The Morgan fingerprint density at radius 2 is 1.86 bits per heavy atom. The van der Waals surface area contributed by atoms with E-state index in [9.17, 15) is 19.2 Å². The molecule has 0 unspecified atom stereocenters. The van der Waals surface area contributed by atoms with E-state index < -0.39 is 29.6 Å². The molecule has 150 valence electrons. The van der Waals surface area contributed by atoms with Gasteiger partial charge < -0.3 is 14.2 Å². The fourth-order valence-electron chi connectivity index (χ4n) is 2.12. The Balaban J connectivity index is 2.00. The molecule has 1 atom stereocenters. The molecule has 0 aromatic heterocycles. The number of esters is 2. The van der Waals surface area contributed by atoms with Crippen LogP contribution in [-0.4, -0.2) is 54.4 Å². The van der Waals surface area contributed by atoms with Crippen LogP contribution in [0.25, 0.3) is 6.08 Å². The molecule has 1 heterocycles. The van der Waals surface area contributed by atoms with Gasteiger partial charge in [-0.15, -0.1) is 0 Å². The lowest BCUT2D eigenvalue weighted by Gasteiger charge is -2.14. The van der Waals surface area contributed by atoms with E-state index in [1.807, 2.05) is 6.92 Å². The second-order valence-electron chi connectivity index (χ2n) is 5.91. The lowest BCUT2D eigenvalue weighted by Crippen LogP contribution is -2.35. The van der Waals surface area contributed by atoms with Crippen molar-refractivity contribution in [3.8, 4) is 5.75 Å². The van der Waals surface area contributed by atoms with Crippen molar-refractivity contribution in [2.24, 2.45) is 0 Å². The van der Waals surface area contributed by atoms with Crippen LogP contribution in [0.1, 0.15) is 25.8 Å². The van der Waals surface area contributed by atoms with Crippen molar-refractivity contribution >= 4 is 40.9 Å². The van der Waals surface area contributed by atoms with Gasteiger partial charge in [-0.1, -0.05) is 19.1 Å². The molecule has 8 nitrogen and oxygen atoms in total. The molecule has 1 saturated heterocycles. The molecule has 2 amide bonds. The average molecular weight is 407 g/mol. The normalized spacial score (nSPS) is 16.2. The number of imide groups is 1. The zero-order valence-electron chi connectivity index (χ0n) is 15.8. The molecular weight excluding hydrogens is 386 g/mol. The van der Waals surface area contributed by atoms with Crippen LogP contribution < -0.4 is 4.74 Å². The Morgan fingerprint density at radius 3 is 2.46 bits per heavy atom. The lowest BCUT2D eigenvalue weighted by molar-refractivity contribution is -0.150. The van der Waals surface area contributed by atoms with Crippen molar-refractivity contribution in [2.75, 3.05) is 20.3 Å². The summed E-state index contributed by atoms with van der Waals surface area (Å²) in [5, 5.41) is -0.518. The highest BCUT2D eigenvalue weighted by Crippen LogP contribution is 2.32. The zero-order valence-corrected chi connectivity index (χ0v) is 16.6. The number of benzene rings is 1. The number of hydrogen-bond acceptors (Lipinski definition) is 8. The van der Waals surface area contributed by atoms with E-state index in [0.717, 1.165) is 16.7 Å². The third kappa shape index (κ3) is 5.85. The third-order valence-corrected chi connectivity index (χ3v) is 4.74. The Labute approximate surface area is 166 Å². The topological polar surface area (TPSA) is 99.2 Å². The molecule has 0 aliphatic carbocycles. The fourth-order valence-corrected chi connectivity index (χ4v) is 2.96. The number of rotatable bonds is 8. The maximum atomic E-state index is 12.4. The molecule has 0 radical (unpaired) electrons. The molecule has 0 saturated carbocycles. The molecule has 1 aliphatic rings. The average Bonchev–Trinajstić information content (AvgIpc) is 2.94. The second-order valence-corrected chi connectivity index (χ2v) is 6.90. The summed E-state index contributed by atoms with van der Waals surface area (Å²) in [6.07, 6.45) is 1.92. The summed E-state index contributed by atoms with van der Waals surface area (Å²) in [6.45, 7) is 2.99. The van der Waals surface area contributed by atoms with Crippen molar-refractivity contribution in [3.63, 3.8) is 0 Å². The van der Waals surface area contributed by atoms with E-state index in [0.29, 0.717) is 17.7 Å². The number of thioether (sulfide) groups is 1. The first-order chi connectivity index (χ1) is 13.3. The van der Waals surface area contributed by atoms with Gasteiger partial charge in [0, 0.05) is 0 Å². The summed E-state index contributed by atoms with van der Waals surface area (Å²) in [4.78, 5) is 48.5. The molecule has 2 rings (SSSR count). The third-order valence-electron chi connectivity index (χ3n) is 3.83. The van der Waals surface area contributed by atoms with Gasteiger partial charge in [0.2, 0.25) is 0 Å². The minimum Gasteiger partial charge on any atom is -0.482 e. The summed E-state index contributed by atoms with van der Waals surface area (Å²) in [5.41, 5.74) is 0.665. The molecule has 1 aliphatic heterocycles. The highest BCUT2D eigenvalue weighted by Gasteiger charge is 2.36. The van der Waals surface area contributed by atoms with E-state index in [2.05, 4.69) is 4.74 Å². The van der Waals surface area contributed by atoms with Crippen LogP contribution in [-0.2, 0) is 23.9 Å². The van der Waals surface area contributed by atoms with Crippen LogP contribution in [0.3, 0.4) is 0 Å². The number of nitrogens with zero attached hydrogens (tertiary/aromatic N) is 1. The van der Waals surface area contributed by atoms with Crippen molar-refractivity contribution < 1.29 is 33.4 Å². The predicted molar refractivity (Wildman–Crippen MR) is 102 cm³/mol. The van der Waals surface area contributed by atoms with Crippen LogP contribution in [0.4, 0.5) is 4.79 Å². The van der Waals surface area contributed by atoms with Crippen LogP contribution in [0.15, 0.2) is 29.2 Å². The summed E-state index contributed by atoms with van der Waals surface area (Å²) in [6, 6.07) is 6.61. The molecule has 0 bridgehead atoms. The van der Waals surface area contributed by atoms with Crippen LogP contribution in [0.2, 0.25) is 0 Å². The van der Waals surface area contributed by atoms with E-state index in [4.69, 9.17) is 9.47 Å². The van der Waals surface area contributed by atoms with Gasteiger partial charge >= 0.3 is 11.9 Å². The lowest BCUT2D eigenvalue weighted by atomic mass is 10.2. The summed E-state index contributed by atoms with van der Waals surface area (Å²) < 4.78 is 14.8. The van der Waals surface area contributed by atoms with Gasteiger partial charge in [0.05, 0.1) is 18.1 Å². The van der Waals surface area contributed by atoms with E-state index in [1.54, 1.807) is 37.3 Å². The van der Waals surface area contributed by atoms with Gasteiger partial charge in [0.15, 0.2) is 6.61 Å². The van der Waals surface area contributed by atoms with Gasteiger partial charge in [0.25, 0.3) is 11.1 Å². The minimum atomic E-state index is -0.620. The number of amides is 2. The highest BCUT2D eigenvalue weighted by atomic mass is 32.2. The SMILES string of the molecule is CC[C@H](C)OC(=O)CN1C(=O)S/C(=C\c2ccc(OCC(=O)OC)cc2)C1=O. The van der Waals surface area contributed by atoms with Crippen LogP contribution in [0, 0.1) is 0 Å². The smallest absolute Gasteiger partial charge is 0.343 e. The number of carbonyl (C=O) groups is 4. The monoisotopic (exact) mass is 407 g/mol. The van der Waals surface area contributed by atoms with Gasteiger partial charge in [0.1, 0.15) is 12.3 Å². The zero-order chi connectivity index (χ0) is 20.7. The molecule has 1 fully saturated rings. The largest absolute Gasteiger partial charge is 0.482 e. The number of methoxy groups -OCH3 is 1. The molecule has 1 aromatic carbocycles. The van der Waals surface area contributed by atoms with Gasteiger partial charge in [-0.05, 0) is 48.9 Å². The second kappa shape index (κ2) is 9.93. The van der Waals surface area contributed by atoms with Crippen LogP contribution in [0.5, 0.6) is 5.75 Å². The van der Waals surface area contributed by atoms with E-state index in [-0.39, 0.29) is 17.6 Å². The number of carbonyl (C=O) groups excluding carboxylic acids is 4. The standard InChI is InChI=1S/C19H21NO7S/c1-4-12(2)27-16(21)10-20-18(23)15(28-19(20)24)9-13-5-7-14(8-6-13)26-11-17(22)25-3/h5-9,12H,4,10-11H2,1-3H3/b15-9-/t12-/m0/s1. The molecule has 0 spiro atoms. The van der Waals surface area contributed by atoms with Crippen molar-refractivity contribution in [1.82, 2.24) is 4.90 Å². The first-order valence-corrected chi connectivity index (χ1v) is 9.40. The Hall–Kier alpha value is -2.81. The Kier molecular flexibility index (Phi) is 7.62. The molecule has 0 N–H and O–H groups in total. The Morgan fingerprint density at radius 1 is 1.18 bits per heavy atom. The van der Waals surface area contributed by atoms with Crippen molar-refractivity contribution in [1.29, 1.82) is 0 Å². The van der Waals surface area contributed by atoms with E-state index in [1.165, 1.54) is 7.11 Å². The van der Waals surface area contributed by atoms with Crippen molar-refractivity contribution in [3.05, 3.63) is 34.7 Å². The Bertz CT molecular complexity index is 788. The fraction of sp³-hybridized carbons (Fsp3) is 0.368. The van der Waals surface area contributed by atoms with Crippen molar-refractivity contribution in [2.45, 2.75) is 26.4 Å². The number of hydrogen-bond donors (Lipinski definition) is 0. The molecule has 28 heavy (non-hydrogen) atoms. The van der Waals surface area contributed by atoms with Gasteiger partial charge in [-0.25, -0.2) is 4.79 Å². The summed E-state index contributed by atoms with van der Waals surface area (Å²) in [7, 11) is 1.27. The maximum Gasteiger partial charge on any atom is 0.343 e. The molecule has 9 heteroatoms. The molecular formula is C19H21NO7S. The maximum absolute atomic E-state index is 12.4. The highest BCUT2D eigenvalue weighted by molar-refractivity contribution is 8.18. The summed E-state index contributed by atoms with van der Waals surface area (Å²) >= 11 is 0.763. The van der Waals surface area contributed by atoms with Gasteiger partial charge in [-0.3, -0.25) is 19.3 Å². The van der Waals surface area contributed by atoms with Gasteiger partial charge in [-0.2, -0.15) is 0 Å². The number of ether oxygens (including phenoxy) is 3. The quantitative estimate of drug-likeness (QED) is 0.479. The first-order valence-electron chi connectivity index (χ1n) is 8.58. The van der Waals surface area contributed by atoms with Crippen LogP contribution >= 0.6 is 11.8 Å². The minimum absolute atomic E-state index is 0.207.